The molecule has 2 aliphatic rings. The zero-order chi connectivity index (χ0) is 17.2. The number of halogens is 1. The molecule has 0 amide bonds. The van der Waals surface area contributed by atoms with Gasteiger partial charge in [-0.3, -0.25) is 0 Å². The SMILES string of the molecule is OC1O[C@@H](Cn2ccnn2)CN1c1ccc(C2=CCNCC2)c(F)c1. The summed E-state index contributed by atoms with van der Waals surface area (Å²) in [6.45, 7) is 2.55. The lowest BCUT2D eigenvalue weighted by Crippen LogP contribution is -2.30. The standard InChI is InChI=1S/C17H20FN5O2/c18-16-9-13(1-2-15(16)12-3-5-19-6-4-12)23-11-14(25-17(23)24)10-22-8-7-20-21-22/h1-3,7-9,14,17,19,24H,4-6,10-11H2/t14-,17?/m0/s1. The van der Waals surface area contributed by atoms with Gasteiger partial charge in [0.25, 0.3) is 0 Å². The highest BCUT2D eigenvalue weighted by atomic mass is 19.1. The molecule has 0 saturated carbocycles. The second-order valence-electron chi connectivity index (χ2n) is 6.21. The Morgan fingerprint density at radius 2 is 2.32 bits per heavy atom. The van der Waals surface area contributed by atoms with Crippen LogP contribution in [-0.4, -0.2) is 52.3 Å². The minimum absolute atomic E-state index is 0.244. The van der Waals surface area contributed by atoms with Crippen LogP contribution in [0, 0.1) is 5.82 Å². The molecule has 7 nitrogen and oxygen atoms in total. The molecule has 0 radical (unpaired) electrons. The molecule has 0 spiro atoms. The highest BCUT2D eigenvalue weighted by Gasteiger charge is 2.32. The third-order valence-corrected chi connectivity index (χ3v) is 4.54. The maximum absolute atomic E-state index is 14.6. The van der Waals surface area contributed by atoms with Crippen LogP contribution in [0.15, 0.2) is 36.7 Å². The fraction of sp³-hybridized carbons (Fsp3) is 0.412. The molecular formula is C17H20FN5O2. The molecular weight excluding hydrogens is 325 g/mol. The summed E-state index contributed by atoms with van der Waals surface area (Å²) in [4.78, 5) is 1.64. The molecule has 1 fully saturated rings. The number of aliphatic hydroxyl groups excluding tert-OH is 1. The predicted octanol–water partition coefficient (Wildman–Crippen LogP) is 0.975. The number of nitrogens with one attached hydrogen (secondary N) is 1. The van der Waals surface area contributed by atoms with Crippen molar-refractivity contribution in [3.05, 3.63) is 48.0 Å². The van der Waals surface area contributed by atoms with E-state index in [1.807, 2.05) is 12.1 Å². The lowest BCUT2D eigenvalue weighted by Gasteiger charge is -2.22. The smallest absolute Gasteiger partial charge is 0.238 e. The zero-order valence-electron chi connectivity index (χ0n) is 13.7. The van der Waals surface area contributed by atoms with Crippen molar-refractivity contribution in [3.8, 4) is 0 Å². The number of hydrogen-bond donors (Lipinski definition) is 2. The number of nitrogens with zero attached hydrogens (tertiary/aromatic N) is 4. The number of hydrogen-bond acceptors (Lipinski definition) is 6. The van der Waals surface area contributed by atoms with Gasteiger partial charge in [0.2, 0.25) is 6.41 Å². The average Bonchev–Trinajstić information content (AvgIpc) is 3.25. The molecule has 2 atom stereocenters. The second-order valence-corrected chi connectivity index (χ2v) is 6.21. The van der Waals surface area contributed by atoms with Gasteiger partial charge >= 0.3 is 0 Å². The Labute approximate surface area is 144 Å². The maximum Gasteiger partial charge on any atom is 0.238 e. The fourth-order valence-electron chi connectivity index (χ4n) is 3.28. The van der Waals surface area contributed by atoms with Crippen LogP contribution in [0.4, 0.5) is 10.1 Å². The van der Waals surface area contributed by atoms with E-state index in [4.69, 9.17) is 4.74 Å². The van der Waals surface area contributed by atoms with E-state index < -0.39 is 6.41 Å². The first-order chi connectivity index (χ1) is 12.2. The first-order valence-electron chi connectivity index (χ1n) is 8.34. The molecule has 132 valence electrons. The van der Waals surface area contributed by atoms with Crippen LogP contribution in [-0.2, 0) is 11.3 Å². The normalized spacial score (nSPS) is 23.8. The topological polar surface area (TPSA) is 75.4 Å². The van der Waals surface area contributed by atoms with E-state index in [0.717, 1.165) is 25.1 Å². The Morgan fingerprint density at radius 3 is 3.04 bits per heavy atom. The molecule has 1 unspecified atom stereocenters. The van der Waals surface area contributed by atoms with Crippen molar-refractivity contribution in [1.29, 1.82) is 0 Å². The number of aromatic nitrogens is 3. The fourth-order valence-corrected chi connectivity index (χ4v) is 3.28. The molecule has 0 aliphatic carbocycles. The van der Waals surface area contributed by atoms with Crippen molar-refractivity contribution >= 4 is 11.3 Å². The molecule has 2 aromatic rings. The number of ether oxygens (including phenoxy) is 1. The van der Waals surface area contributed by atoms with Crippen molar-refractivity contribution in [2.45, 2.75) is 25.5 Å². The Balaban J connectivity index is 1.49. The van der Waals surface area contributed by atoms with Crippen molar-refractivity contribution in [1.82, 2.24) is 20.3 Å². The van der Waals surface area contributed by atoms with Gasteiger partial charge in [-0.2, -0.15) is 0 Å². The lowest BCUT2D eigenvalue weighted by atomic mass is 9.99. The van der Waals surface area contributed by atoms with Crippen LogP contribution < -0.4 is 10.2 Å². The van der Waals surface area contributed by atoms with Gasteiger partial charge in [-0.1, -0.05) is 11.3 Å². The molecule has 1 aromatic heterocycles. The van der Waals surface area contributed by atoms with Gasteiger partial charge < -0.3 is 20.1 Å². The van der Waals surface area contributed by atoms with Crippen molar-refractivity contribution < 1.29 is 14.2 Å². The summed E-state index contributed by atoms with van der Waals surface area (Å²) in [5.74, 6) is -0.280. The predicted molar refractivity (Wildman–Crippen MR) is 90.1 cm³/mol. The van der Waals surface area contributed by atoms with Crippen molar-refractivity contribution in [2.24, 2.45) is 0 Å². The van der Waals surface area contributed by atoms with Crippen LogP contribution in [0.25, 0.3) is 5.57 Å². The summed E-state index contributed by atoms with van der Waals surface area (Å²) in [5, 5.41) is 21.0. The van der Waals surface area contributed by atoms with Crippen LogP contribution in [0.1, 0.15) is 12.0 Å². The molecule has 0 bridgehead atoms. The van der Waals surface area contributed by atoms with E-state index in [0.29, 0.717) is 24.3 Å². The van der Waals surface area contributed by atoms with Crippen LogP contribution in [0.3, 0.4) is 0 Å². The number of anilines is 1. The Bertz CT molecular complexity index is 764. The Morgan fingerprint density at radius 1 is 1.40 bits per heavy atom. The molecule has 25 heavy (non-hydrogen) atoms. The lowest BCUT2D eigenvalue weighted by molar-refractivity contribution is -0.0924. The third kappa shape index (κ3) is 3.41. The van der Waals surface area contributed by atoms with E-state index in [-0.39, 0.29) is 11.9 Å². The van der Waals surface area contributed by atoms with Gasteiger partial charge in [-0.05, 0) is 36.7 Å². The molecule has 4 rings (SSSR count). The van der Waals surface area contributed by atoms with Crippen LogP contribution >= 0.6 is 0 Å². The molecule has 1 saturated heterocycles. The van der Waals surface area contributed by atoms with E-state index >= 15 is 0 Å². The number of aliphatic hydroxyl groups is 1. The summed E-state index contributed by atoms with van der Waals surface area (Å²) < 4.78 is 21.8. The maximum atomic E-state index is 14.6. The Hall–Kier alpha value is -2.29. The number of benzene rings is 1. The van der Waals surface area contributed by atoms with E-state index in [2.05, 4.69) is 15.6 Å². The summed E-state index contributed by atoms with van der Waals surface area (Å²) in [5.41, 5.74) is 2.24. The highest BCUT2D eigenvalue weighted by molar-refractivity contribution is 5.69. The van der Waals surface area contributed by atoms with E-state index in [9.17, 15) is 9.50 Å². The zero-order valence-corrected chi connectivity index (χ0v) is 13.7. The van der Waals surface area contributed by atoms with Gasteiger partial charge in [-0.15, -0.1) is 5.10 Å². The van der Waals surface area contributed by atoms with Gasteiger partial charge in [0.05, 0.1) is 25.4 Å². The van der Waals surface area contributed by atoms with E-state index in [1.165, 1.54) is 6.07 Å². The van der Waals surface area contributed by atoms with Gasteiger partial charge in [0.1, 0.15) is 5.82 Å². The van der Waals surface area contributed by atoms with Crippen LogP contribution in [0.2, 0.25) is 0 Å². The van der Waals surface area contributed by atoms with Crippen molar-refractivity contribution in [2.75, 3.05) is 24.5 Å². The first-order valence-corrected chi connectivity index (χ1v) is 8.34. The molecule has 3 heterocycles. The van der Waals surface area contributed by atoms with Gasteiger partial charge in [0.15, 0.2) is 0 Å². The second kappa shape index (κ2) is 6.91. The number of rotatable bonds is 4. The van der Waals surface area contributed by atoms with Gasteiger partial charge in [-0.25, -0.2) is 9.07 Å². The molecule has 2 aliphatic heterocycles. The summed E-state index contributed by atoms with van der Waals surface area (Å²) in [6, 6.07) is 5.06. The summed E-state index contributed by atoms with van der Waals surface area (Å²) >= 11 is 0. The van der Waals surface area contributed by atoms with Gasteiger partial charge in [0, 0.05) is 24.0 Å². The first kappa shape index (κ1) is 16.2. The summed E-state index contributed by atoms with van der Waals surface area (Å²) in [7, 11) is 0. The quantitative estimate of drug-likeness (QED) is 0.860. The molecule has 1 aromatic carbocycles. The molecule has 2 N–H and O–H groups in total. The minimum Gasteiger partial charge on any atom is -0.351 e. The minimum atomic E-state index is -1.10. The Kier molecular flexibility index (Phi) is 4.48. The largest absolute Gasteiger partial charge is 0.351 e. The summed E-state index contributed by atoms with van der Waals surface area (Å²) in [6.07, 6.45) is 4.81. The van der Waals surface area contributed by atoms with E-state index in [1.54, 1.807) is 28.0 Å². The highest BCUT2D eigenvalue weighted by Crippen LogP contribution is 2.29. The van der Waals surface area contributed by atoms with Crippen molar-refractivity contribution in [3.63, 3.8) is 0 Å². The third-order valence-electron chi connectivity index (χ3n) is 4.54. The molecule has 8 heteroatoms. The monoisotopic (exact) mass is 345 g/mol. The average molecular weight is 345 g/mol. The van der Waals surface area contributed by atoms with Crippen LogP contribution in [0.5, 0.6) is 0 Å².